The number of amides is 2. The molecule has 1 fully saturated rings. The number of carbonyl (C=O) groups is 3. The number of benzene rings is 2. The summed E-state index contributed by atoms with van der Waals surface area (Å²) in [5, 5.41) is 2.79. The molecule has 1 saturated heterocycles. The summed E-state index contributed by atoms with van der Waals surface area (Å²) >= 11 is 0. The van der Waals surface area contributed by atoms with E-state index in [1.54, 1.807) is 48.5 Å². The maximum absolute atomic E-state index is 12.5. The fourth-order valence-electron chi connectivity index (χ4n) is 2.95. The van der Waals surface area contributed by atoms with Gasteiger partial charge in [-0.25, -0.2) is 0 Å². The lowest BCUT2D eigenvalue weighted by Crippen LogP contribution is -2.47. The van der Waals surface area contributed by atoms with Gasteiger partial charge in [0.1, 0.15) is 0 Å². The summed E-state index contributed by atoms with van der Waals surface area (Å²) in [7, 11) is 2.04. The average molecular weight is 365 g/mol. The molecule has 2 amide bonds. The van der Waals surface area contributed by atoms with Crippen LogP contribution in [-0.4, -0.2) is 60.6 Å². The lowest BCUT2D eigenvalue weighted by atomic mass is 10.1. The summed E-state index contributed by atoms with van der Waals surface area (Å²) in [6.45, 7) is 4.67. The van der Waals surface area contributed by atoms with Crippen LogP contribution in [0.4, 0.5) is 5.69 Å². The van der Waals surface area contributed by atoms with Gasteiger partial charge in [0, 0.05) is 48.6 Å². The Bertz CT molecular complexity index is 836. The summed E-state index contributed by atoms with van der Waals surface area (Å²) in [6, 6.07) is 13.4. The molecule has 0 atom stereocenters. The van der Waals surface area contributed by atoms with Crippen molar-refractivity contribution in [1.29, 1.82) is 0 Å². The molecule has 27 heavy (non-hydrogen) atoms. The monoisotopic (exact) mass is 365 g/mol. The lowest BCUT2D eigenvalue weighted by molar-refractivity contribution is 0.0663. The van der Waals surface area contributed by atoms with Crippen LogP contribution in [0.3, 0.4) is 0 Å². The highest BCUT2D eigenvalue weighted by Crippen LogP contribution is 2.14. The number of rotatable bonds is 4. The van der Waals surface area contributed by atoms with Gasteiger partial charge in [0.25, 0.3) is 11.8 Å². The molecule has 0 aliphatic carbocycles. The zero-order valence-electron chi connectivity index (χ0n) is 15.6. The second-order valence-corrected chi connectivity index (χ2v) is 6.76. The number of carbonyl (C=O) groups excluding carboxylic acids is 3. The van der Waals surface area contributed by atoms with Crippen molar-refractivity contribution >= 4 is 23.3 Å². The molecule has 0 spiro atoms. The van der Waals surface area contributed by atoms with Crippen molar-refractivity contribution in [2.75, 3.05) is 38.5 Å². The minimum Gasteiger partial charge on any atom is -0.336 e. The fourth-order valence-corrected chi connectivity index (χ4v) is 2.95. The van der Waals surface area contributed by atoms with Crippen molar-refractivity contribution in [3.05, 3.63) is 65.2 Å². The number of nitrogens with one attached hydrogen (secondary N) is 1. The molecule has 2 aromatic rings. The van der Waals surface area contributed by atoms with Gasteiger partial charge in [0.15, 0.2) is 5.78 Å². The second-order valence-electron chi connectivity index (χ2n) is 6.76. The first-order valence-electron chi connectivity index (χ1n) is 8.94. The highest BCUT2D eigenvalue weighted by Gasteiger charge is 2.20. The minimum absolute atomic E-state index is 0.00474. The van der Waals surface area contributed by atoms with Gasteiger partial charge in [-0.15, -0.1) is 0 Å². The quantitative estimate of drug-likeness (QED) is 0.846. The number of likely N-dealkylation sites (N-methyl/N-ethyl adjacent to an activating group) is 1. The van der Waals surface area contributed by atoms with E-state index in [1.807, 2.05) is 11.9 Å². The predicted molar refractivity (Wildman–Crippen MR) is 104 cm³/mol. The molecule has 6 heteroatoms. The van der Waals surface area contributed by atoms with Crippen LogP contribution < -0.4 is 5.32 Å². The molecule has 1 aliphatic rings. The molecule has 2 aromatic carbocycles. The van der Waals surface area contributed by atoms with Crippen molar-refractivity contribution < 1.29 is 14.4 Å². The van der Waals surface area contributed by atoms with E-state index in [9.17, 15) is 14.4 Å². The van der Waals surface area contributed by atoms with Crippen LogP contribution in [0.15, 0.2) is 48.5 Å². The minimum atomic E-state index is -0.260. The van der Waals surface area contributed by atoms with Gasteiger partial charge in [-0.1, -0.05) is 0 Å². The average Bonchev–Trinajstić information content (AvgIpc) is 2.68. The zero-order chi connectivity index (χ0) is 19.4. The molecular weight excluding hydrogens is 342 g/mol. The van der Waals surface area contributed by atoms with Crippen molar-refractivity contribution in [3.63, 3.8) is 0 Å². The smallest absolute Gasteiger partial charge is 0.255 e. The van der Waals surface area contributed by atoms with Gasteiger partial charge in [-0.3, -0.25) is 14.4 Å². The van der Waals surface area contributed by atoms with Crippen LogP contribution in [0.2, 0.25) is 0 Å². The van der Waals surface area contributed by atoms with Crippen LogP contribution in [0, 0.1) is 0 Å². The maximum Gasteiger partial charge on any atom is 0.255 e. The summed E-state index contributed by atoms with van der Waals surface area (Å²) in [4.78, 5) is 40.2. The van der Waals surface area contributed by atoms with E-state index in [0.29, 0.717) is 35.5 Å². The van der Waals surface area contributed by atoms with Gasteiger partial charge in [0.05, 0.1) is 0 Å². The topological polar surface area (TPSA) is 69.7 Å². The third-order valence-corrected chi connectivity index (χ3v) is 4.73. The normalized spacial score (nSPS) is 14.7. The summed E-state index contributed by atoms with van der Waals surface area (Å²) < 4.78 is 0. The van der Waals surface area contributed by atoms with E-state index >= 15 is 0 Å². The molecule has 6 nitrogen and oxygen atoms in total. The standard InChI is InChI=1S/C21H23N3O3/c1-15(25)16-7-9-19(10-8-16)22-20(26)17-3-5-18(6-4-17)21(27)24-13-11-23(2)12-14-24/h3-10H,11-14H2,1-2H3,(H,22,26). The molecule has 0 aromatic heterocycles. The van der Waals surface area contributed by atoms with Gasteiger partial charge in [0.2, 0.25) is 0 Å². The summed E-state index contributed by atoms with van der Waals surface area (Å²) in [6.07, 6.45) is 0. The molecule has 1 heterocycles. The van der Waals surface area contributed by atoms with Gasteiger partial charge < -0.3 is 15.1 Å². The molecule has 1 N–H and O–H groups in total. The molecule has 1 aliphatic heterocycles. The van der Waals surface area contributed by atoms with Gasteiger partial charge in [-0.05, 0) is 62.5 Å². The Balaban J connectivity index is 1.63. The van der Waals surface area contributed by atoms with Crippen molar-refractivity contribution in [2.45, 2.75) is 6.92 Å². The summed E-state index contributed by atoms with van der Waals surface area (Å²) in [5.74, 6) is -0.285. The third-order valence-electron chi connectivity index (χ3n) is 4.73. The zero-order valence-corrected chi connectivity index (χ0v) is 15.6. The van der Waals surface area contributed by atoms with Crippen LogP contribution in [0.25, 0.3) is 0 Å². The number of hydrogen-bond donors (Lipinski definition) is 1. The van der Waals surface area contributed by atoms with Crippen LogP contribution >= 0.6 is 0 Å². The lowest BCUT2D eigenvalue weighted by Gasteiger charge is -2.32. The Morgan fingerprint density at radius 3 is 1.85 bits per heavy atom. The van der Waals surface area contributed by atoms with Crippen molar-refractivity contribution in [2.24, 2.45) is 0 Å². The molecule has 0 radical (unpaired) electrons. The molecule has 3 rings (SSSR count). The largest absolute Gasteiger partial charge is 0.336 e. The second kappa shape index (κ2) is 8.14. The van der Waals surface area contributed by atoms with Crippen molar-refractivity contribution in [3.8, 4) is 0 Å². The molecule has 0 unspecified atom stereocenters. The number of ketones is 1. The highest BCUT2D eigenvalue weighted by atomic mass is 16.2. The van der Waals surface area contributed by atoms with Crippen molar-refractivity contribution in [1.82, 2.24) is 9.80 Å². The van der Waals surface area contributed by atoms with Crippen LogP contribution in [0.1, 0.15) is 38.0 Å². The van der Waals surface area contributed by atoms with Gasteiger partial charge in [-0.2, -0.15) is 0 Å². The Morgan fingerprint density at radius 1 is 0.778 bits per heavy atom. The molecular formula is C21H23N3O3. The maximum atomic E-state index is 12.5. The Kier molecular flexibility index (Phi) is 5.66. The third kappa shape index (κ3) is 4.60. The van der Waals surface area contributed by atoms with E-state index in [0.717, 1.165) is 13.1 Å². The Morgan fingerprint density at radius 2 is 1.30 bits per heavy atom. The molecule has 0 bridgehead atoms. The van der Waals surface area contributed by atoms with E-state index < -0.39 is 0 Å². The number of piperazine rings is 1. The van der Waals surface area contributed by atoms with E-state index in [1.165, 1.54) is 6.92 Å². The Hall–Kier alpha value is -2.99. The first-order chi connectivity index (χ1) is 12.9. The fraction of sp³-hybridized carbons (Fsp3) is 0.286. The Labute approximate surface area is 158 Å². The van der Waals surface area contributed by atoms with E-state index in [4.69, 9.17) is 0 Å². The highest BCUT2D eigenvalue weighted by molar-refractivity contribution is 6.05. The van der Waals surface area contributed by atoms with E-state index in [2.05, 4.69) is 10.2 Å². The van der Waals surface area contributed by atoms with Crippen LogP contribution in [-0.2, 0) is 0 Å². The number of nitrogens with zero attached hydrogens (tertiary/aromatic N) is 2. The summed E-state index contributed by atoms with van der Waals surface area (Å²) in [5.41, 5.74) is 2.27. The number of Topliss-reactive ketones (excluding diaryl/α,β-unsaturated/α-hetero) is 1. The van der Waals surface area contributed by atoms with Crippen LogP contribution in [0.5, 0.6) is 0 Å². The molecule has 140 valence electrons. The van der Waals surface area contributed by atoms with Gasteiger partial charge >= 0.3 is 0 Å². The predicted octanol–water partition coefficient (Wildman–Crippen LogP) is 2.53. The van der Waals surface area contributed by atoms with E-state index in [-0.39, 0.29) is 17.6 Å². The first-order valence-corrected chi connectivity index (χ1v) is 8.94. The SMILES string of the molecule is CC(=O)c1ccc(NC(=O)c2ccc(C(=O)N3CCN(C)CC3)cc2)cc1. The molecule has 0 saturated carbocycles. The number of anilines is 1. The first kappa shape index (κ1) is 18.8. The number of hydrogen-bond acceptors (Lipinski definition) is 4.